The van der Waals surface area contributed by atoms with E-state index in [-0.39, 0.29) is 17.0 Å². The Bertz CT molecular complexity index is 308. The van der Waals surface area contributed by atoms with Gasteiger partial charge in [-0.1, -0.05) is 13.8 Å². The molecule has 1 aromatic rings. The summed E-state index contributed by atoms with van der Waals surface area (Å²) in [4.78, 5) is 0. The van der Waals surface area contributed by atoms with Crippen LogP contribution in [-0.2, 0) is 0 Å². The first-order valence-electron chi connectivity index (χ1n) is 4.36. The molecule has 0 fully saturated rings. The minimum Gasteiger partial charge on any atom is -0.374 e. The zero-order chi connectivity index (χ0) is 10.9. The Kier molecular flexibility index (Phi) is 3.18. The summed E-state index contributed by atoms with van der Waals surface area (Å²) >= 11 is 0. The smallest absolute Gasteiger partial charge is 0.134 e. The molecule has 1 atom stereocenters. The maximum Gasteiger partial charge on any atom is 0.134 e. The molecule has 0 heterocycles. The van der Waals surface area contributed by atoms with Gasteiger partial charge in [0.15, 0.2) is 0 Å². The number of aliphatic hydroxyl groups excluding tert-OH is 1. The first-order chi connectivity index (χ1) is 6.43. The maximum atomic E-state index is 13.5. The molecule has 0 aliphatic rings. The fourth-order valence-electron chi connectivity index (χ4n) is 1.27. The molecule has 0 aliphatic heterocycles. The lowest BCUT2D eigenvalue weighted by atomic mass is 9.99. The predicted octanol–water partition coefficient (Wildman–Crippen LogP) is 2.04. The van der Waals surface area contributed by atoms with Gasteiger partial charge in [-0.05, 0) is 23.6 Å². The summed E-state index contributed by atoms with van der Waals surface area (Å²) in [6, 6.07) is 2.03. The van der Waals surface area contributed by atoms with Gasteiger partial charge in [0, 0.05) is 5.56 Å². The highest BCUT2D eigenvalue weighted by atomic mass is 19.1. The first-order valence-corrected chi connectivity index (χ1v) is 4.36. The summed E-state index contributed by atoms with van der Waals surface area (Å²) in [7, 11) is 0. The Morgan fingerprint density at radius 1 is 1.21 bits per heavy atom. The Hall–Kier alpha value is -1.00. The van der Waals surface area contributed by atoms with E-state index in [2.05, 4.69) is 0 Å². The molecule has 0 bridgehead atoms. The second kappa shape index (κ2) is 4.02. The lowest BCUT2D eigenvalue weighted by molar-refractivity contribution is 0.180. The molecule has 4 heteroatoms. The van der Waals surface area contributed by atoms with Crippen molar-refractivity contribution < 1.29 is 13.9 Å². The van der Waals surface area contributed by atoms with Crippen molar-refractivity contribution in [2.24, 2.45) is 5.73 Å². The standard InChI is InChI=1S/C10H13F2NO/c1-5(2)7-3-6(11)4-8(9(7)12)10(13)14/h3-5,10,14H,13H2,1-2H3. The normalized spacial score (nSPS) is 13.4. The van der Waals surface area contributed by atoms with Gasteiger partial charge >= 0.3 is 0 Å². The predicted molar refractivity (Wildman–Crippen MR) is 49.6 cm³/mol. The molecule has 14 heavy (non-hydrogen) atoms. The summed E-state index contributed by atoms with van der Waals surface area (Å²) in [5.41, 5.74) is 5.13. The summed E-state index contributed by atoms with van der Waals surface area (Å²) in [5, 5.41) is 9.01. The van der Waals surface area contributed by atoms with Crippen LogP contribution in [-0.4, -0.2) is 5.11 Å². The lowest BCUT2D eigenvalue weighted by Crippen LogP contribution is -2.13. The van der Waals surface area contributed by atoms with E-state index in [0.29, 0.717) is 0 Å². The average Bonchev–Trinajstić information content (AvgIpc) is 2.07. The van der Waals surface area contributed by atoms with Crippen molar-refractivity contribution in [1.82, 2.24) is 0 Å². The van der Waals surface area contributed by atoms with Crippen molar-refractivity contribution in [2.45, 2.75) is 26.0 Å². The molecule has 2 nitrogen and oxygen atoms in total. The zero-order valence-corrected chi connectivity index (χ0v) is 8.09. The van der Waals surface area contributed by atoms with Gasteiger partial charge < -0.3 is 10.8 Å². The summed E-state index contributed by atoms with van der Waals surface area (Å²) in [5.74, 6) is -1.37. The first kappa shape index (κ1) is 11.1. The van der Waals surface area contributed by atoms with Gasteiger partial charge in [-0.3, -0.25) is 0 Å². The molecule has 0 aromatic heterocycles. The minimum atomic E-state index is -1.48. The van der Waals surface area contributed by atoms with Crippen molar-refractivity contribution in [2.75, 3.05) is 0 Å². The van der Waals surface area contributed by atoms with Gasteiger partial charge in [0.1, 0.15) is 17.9 Å². The van der Waals surface area contributed by atoms with Crippen LogP contribution in [0.3, 0.4) is 0 Å². The number of hydrogen-bond acceptors (Lipinski definition) is 2. The van der Waals surface area contributed by atoms with Crippen molar-refractivity contribution in [3.05, 3.63) is 34.9 Å². The molecule has 1 unspecified atom stereocenters. The fraction of sp³-hybridized carbons (Fsp3) is 0.400. The molecule has 1 rings (SSSR count). The van der Waals surface area contributed by atoms with Gasteiger partial charge in [-0.25, -0.2) is 8.78 Å². The topological polar surface area (TPSA) is 46.2 Å². The number of rotatable bonds is 2. The van der Waals surface area contributed by atoms with Crippen LogP contribution in [0.5, 0.6) is 0 Å². The van der Waals surface area contributed by atoms with E-state index in [4.69, 9.17) is 10.8 Å². The summed E-state index contributed by atoms with van der Waals surface area (Å²) < 4.78 is 26.5. The molecule has 0 amide bonds. The SMILES string of the molecule is CC(C)c1cc(F)cc(C(N)O)c1F. The molecule has 0 radical (unpaired) electrons. The summed E-state index contributed by atoms with van der Waals surface area (Å²) in [6.07, 6.45) is -1.48. The van der Waals surface area contributed by atoms with Gasteiger partial charge in [0.25, 0.3) is 0 Å². The minimum absolute atomic E-state index is 0.150. The van der Waals surface area contributed by atoms with Crippen LogP contribution in [0.4, 0.5) is 8.78 Å². The van der Waals surface area contributed by atoms with Crippen LogP contribution in [0.25, 0.3) is 0 Å². The van der Waals surface area contributed by atoms with Gasteiger partial charge in [0.05, 0.1) is 0 Å². The van der Waals surface area contributed by atoms with E-state index in [9.17, 15) is 8.78 Å². The third-order valence-electron chi connectivity index (χ3n) is 2.03. The van der Waals surface area contributed by atoms with Crippen LogP contribution < -0.4 is 5.73 Å². The Balaban J connectivity index is 3.32. The Morgan fingerprint density at radius 2 is 1.71 bits per heavy atom. The molecule has 0 aliphatic carbocycles. The lowest BCUT2D eigenvalue weighted by Gasteiger charge is -2.13. The van der Waals surface area contributed by atoms with E-state index < -0.39 is 17.9 Å². The number of hydrogen-bond donors (Lipinski definition) is 2. The van der Waals surface area contributed by atoms with E-state index in [1.807, 2.05) is 0 Å². The zero-order valence-electron chi connectivity index (χ0n) is 8.09. The number of nitrogens with two attached hydrogens (primary N) is 1. The molecular formula is C10H13F2NO. The molecule has 0 saturated heterocycles. The average molecular weight is 201 g/mol. The molecule has 78 valence electrons. The maximum absolute atomic E-state index is 13.5. The Morgan fingerprint density at radius 3 is 2.14 bits per heavy atom. The van der Waals surface area contributed by atoms with E-state index in [1.165, 1.54) is 0 Å². The largest absolute Gasteiger partial charge is 0.374 e. The van der Waals surface area contributed by atoms with Gasteiger partial charge in [0.2, 0.25) is 0 Å². The number of aliphatic hydroxyl groups is 1. The van der Waals surface area contributed by atoms with Crippen LogP contribution >= 0.6 is 0 Å². The highest BCUT2D eigenvalue weighted by molar-refractivity contribution is 5.30. The van der Waals surface area contributed by atoms with Crippen LogP contribution in [0, 0.1) is 11.6 Å². The molecule has 3 N–H and O–H groups in total. The second-order valence-electron chi connectivity index (χ2n) is 3.50. The van der Waals surface area contributed by atoms with Crippen molar-refractivity contribution >= 4 is 0 Å². The van der Waals surface area contributed by atoms with Crippen molar-refractivity contribution in [3.63, 3.8) is 0 Å². The van der Waals surface area contributed by atoms with Crippen molar-refractivity contribution in [3.8, 4) is 0 Å². The van der Waals surface area contributed by atoms with Crippen LogP contribution in [0.1, 0.15) is 37.1 Å². The monoisotopic (exact) mass is 201 g/mol. The quantitative estimate of drug-likeness (QED) is 0.719. The van der Waals surface area contributed by atoms with Gasteiger partial charge in [-0.2, -0.15) is 0 Å². The third kappa shape index (κ3) is 2.08. The molecule has 1 aromatic carbocycles. The number of halogens is 2. The number of benzene rings is 1. The van der Waals surface area contributed by atoms with Gasteiger partial charge in [-0.15, -0.1) is 0 Å². The van der Waals surface area contributed by atoms with E-state index in [0.717, 1.165) is 12.1 Å². The molecular weight excluding hydrogens is 188 g/mol. The highest BCUT2D eigenvalue weighted by Crippen LogP contribution is 2.24. The molecule has 0 spiro atoms. The highest BCUT2D eigenvalue weighted by Gasteiger charge is 2.16. The molecule has 0 saturated carbocycles. The fourth-order valence-corrected chi connectivity index (χ4v) is 1.27. The van der Waals surface area contributed by atoms with Crippen LogP contribution in [0.2, 0.25) is 0 Å². The van der Waals surface area contributed by atoms with E-state index >= 15 is 0 Å². The summed E-state index contributed by atoms with van der Waals surface area (Å²) in [6.45, 7) is 3.48. The van der Waals surface area contributed by atoms with Crippen molar-refractivity contribution in [1.29, 1.82) is 0 Å². The second-order valence-corrected chi connectivity index (χ2v) is 3.50. The van der Waals surface area contributed by atoms with Crippen LogP contribution in [0.15, 0.2) is 12.1 Å². The third-order valence-corrected chi connectivity index (χ3v) is 2.03. The van der Waals surface area contributed by atoms with E-state index in [1.54, 1.807) is 13.8 Å². The Labute approximate surface area is 81.4 Å².